The Morgan fingerprint density at radius 2 is 1.67 bits per heavy atom. The highest BCUT2D eigenvalue weighted by atomic mass is 19.4. The van der Waals surface area contributed by atoms with Crippen LogP contribution in [-0.2, 0) is 6.18 Å². The van der Waals surface area contributed by atoms with Crippen LogP contribution in [0.5, 0.6) is 5.75 Å². The van der Waals surface area contributed by atoms with Gasteiger partial charge >= 0.3 is 12.3 Å². The number of alkyl halides is 3. The molecule has 1 N–H and O–H groups in total. The number of nitrogens with one attached hydrogen (secondary N) is 1. The number of rotatable bonds is 2. The normalized spacial score (nSPS) is 16.8. The third kappa shape index (κ3) is 4.63. The molecular weight excluding hydrogens is 321 g/mol. The number of hydrogen-bond donors (Lipinski definition) is 1. The van der Waals surface area contributed by atoms with Crippen molar-refractivity contribution in [2.24, 2.45) is 0 Å². The van der Waals surface area contributed by atoms with Gasteiger partial charge in [-0.2, -0.15) is 13.2 Å². The minimum atomic E-state index is -4.41. The zero-order valence-electron chi connectivity index (χ0n) is 14.1. The number of piperidine rings is 1. The number of amides is 1. The maximum Gasteiger partial charge on any atom is 0.416 e. The summed E-state index contributed by atoms with van der Waals surface area (Å²) in [5.74, 6) is 0.108. The van der Waals surface area contributed by atoms with Gasteiger partial charge in [0, 0.05) is 11.6 Å². The van der Waals surface area contributed by atoms with E-state index in [1.54, 1.807) is 4.90 Å². The molecule has 0 spiro atoms. The van der Waals surface area contributed by atoms with Gasteiger partial charge in [0.1, 0.15) is 5.75 Å². The number of carbonyl (C=O) groups excluding carboxylic acids is 1. The summed E-state index contributed by atoms with van der Waals surface area (Å²) >= 11 is 0. The van der Waals surface area contributed by atoms with Crippen LogP contribution in [-0.4, -0.2) is 35.7 Å². The molecule has 1 amide bonds. The molecule has 1 aliphatic heterocycles. The molecule has 0 aliphatic carbocycles. The lowest BCUT2D eigenvalue weighted by Gasteiger charge is -2.42. The number of ether oxygens (including phenoxy) is 1. The fourth-order valence-electron chi connectivity index (χ4n) is 2.90. The largest absolute Gasteiger partial charge is 0.416 e. The van der Waals surface area contributed by atoms with Gasteiger partial charge in [-0.3, -0.25) is 4.90 Å². The molecule has 2 rings (SSSR count). The van der Waals surface area contributed by atoms with Gasteiger partial charge in [0.15, 0.2) is 0 Å². The van der Waals surface area contributed by atoms with E-state index in [9.17, 15) is 18.0 Å². The highest BCUT2D eigenvalue weighted by molar-refractivity contribution is 5.72. The van der Waals surface area contributed by atoms with Crippen LogP contribution in [0.25, 0.3) is 0 Å². The van der Waals surface area contributed by atoms with Crippen molar-refractivity contribution >= 4 is 6.09 Å². The van der Waals surface area contributed by atoms with E-state index in [1.807, 2.05) is 20.8 Å². The highest BCUT2D eigenvalue weighted by Gasteiger charge is 2.35. The summed E-state index contributed by atoms with van der Waals surface area (Å²) in [6.45, 7) is 7.41. The van der Waals surface area contributed by atoms with Crippen molar-refractivity contribution in [3.05, 3.63) is 29.8 Å². The zero-order valence-corrected chi connectivity index (χ0v) is 14.1. The SMILES string of the molecule is CC(C)(C)N(C(=O)Oc1ccc(C(F)(F)F)cc1)C1CCNCC1. The zero-order chi connectivity index (χ0) is 18.0. The average Bonchev–Trinajstić information content (AvgIpc) is 2.46. The van der Waals surface area contributed by atoms with Crippen LogP contribution in [0, 0.1) is 0 Å². The van der Waals surface area contributed by atoms with Gasteiger partial charge in [-0.1, -0.05) is 0 Å². The lowest BCUT2D eigenvalue weighted by atomic mass is 9.98. The fourth-order valence-corrected chi connectivity index (χ4v) is 2.90. The quantitative estimate of drug-likeness (QED) is 0.880. The number of carbonyl (C=O) groups is 1. The molecule has 0 unspecified atom stereocenters. The lowest BCUT2D eigenvalue weighted by molar-refractivity contribution is -0.137. The van der Waals surface area contributed by atoms with E-state index in [0.717, 1.165) is 38.1 Å². The van der Waals surface area contributed by atoms with E-state index in [2.05, 4.69) is 5.32 Å². The highest BCUT2D eigenvalue weighted by Crippen LogP contribution is 2.31. The summed E-state index contributed by atoms with van der Waals surface area (Å²) in [4.78, 5) is 14.3. The second-order valence-corrected chi connectivity index (χ2v) is 6.91. The number of halogens is 3. The summed E-state index contributed by atoms with van der Waals surface area (Å²) < 4.78 is 43.1. The Bertz CT molecular complexity index is 559. The van der Waals surface area contributed by atoms with Gasteiger partial charge in [-0.15, -0.1) is 0 Å². The first-order chi connectivity index (χ1) is 11.1. The van der Waals surface area contributed by atoms with Crippen LogP contribution < -0.4 is 10.1 Å². The molecule has 1 aliphatic rings. The monoisotopic (exact) mass is 344 g/mol. The van der Waals surface area contributed by atoms with E-state index in [0.29, 0.717) is 0 Å². The Labute approximate surface area is 140 Å². The summed E-state index contributed by atoms with van der Waals surface area (Å²) in [6, 6.07) is 4.21. The molecule has 0 atom stereocenters. The average molecular weight is 344 g/mol. The van der Waals surface area contributed by atoms with Gasteiger partial charge in [0.05, 0.1) is 5.56 Å². The Balaban J connectivity index is 2.12. The van der Waals surface area contributed by atoms with Crippen LogP contribution >= 0.6 is 0 Å². The number of nitrogens with zero attached hydrogens (tertiary/aromatic N) is 1. The summed E-state index contributed by atoms with van der Waals surface area (Å²) in [5, 5.41) is 3.24. The van der Waals surface area contributed by atoms with Crippen molar-refractivity contribution in [2.75, 3.05) is 13.1 Å². The predicted octanol–water partition coefficient (Wildman–Crippen LogP) is 4.06. The molecule has 134 valence electrons. The minimum Gasteiger partial charge on any atom is -0.410 e. The fraction of sp³-hybridized carbons (Fsp3) is 0.588. The van der Waals surface area contributed by atoms with Gasteiger partial charge in [0.25, 0.3) is 0 Å². The van der Waals surface area contributed by atoms with Crippen LogP contribution in [0.15, 0.2) is 24.3 Å². The van der Waals surface area contributed by atoms with Crippen molar-refractivity contribution in [2.45, 2.75) is 51.4 Å². The van der Waals surface area contributed by atoms with E-state index in [4.69, 9.17) is 4.74 Å². The van der Waals surface area contributed by atoms with Gasteiger partial charge in [-0.05, 0) is 71.0 Å². The molecule has 0 bridgehead atoms. The molecule has 1 heterocycles. The Morgan fingerprint density at radius 3 is 2.12 bits per heavy atom. The third-order valence-corrected chi connectivity index (χ3v) is 3.98. The predicted molar refractivity (Wildman–Crippen MR) is 85.0 cm³/mol. The summed E-state index contributed by atoms with van der Waals surface area (Å²) in [6.07, 6.45) is -3.30. The van der Waals surface area contributed by atoms with E-state index >= 15 is 0 Å². The maximum absolute atomic E-state index is 12.6. The third-order valence-electron chi connectivity index (χ3n) is 3.98. The van der Waals surface area contributed by atoms with Crippen LogP contribution in [0.4, 0.5) is 18.0 Å². The van der Waals surface area contributed by atoms with Crippen molar-refractivity contribution in [3.63, 3.8) is 0 Å². The standard InChI is InChI=1S/C17H23F3N2O2/c1-16(2,3)22(13-8-10-21-11-9-13)15(23)24-14-6-4-12(5-7-14)17(18,19)20/h4-7,13,21H,8-11H2,1-3H3. The Hall–Kier alpha value is -1.76. The first-order valence-electron chi connectivity index (χ1n) is 7.98. The number of hydrogen-bond acceptors (Lipinski definition) is 3. The van der Waals surface area contributed by atoms with Crippen molar-refractivity contribution in [1.82, 2.24) is 10.2 Å². The number of benzene rings is 1. The van der Waals surface area contributed by atoms with E-state index < -0.39 is 23.4 Å². The smallest absolute Gasteiger partial charge is 0.410 e. The molecule has 4 nitrogen and oxygen atoms in total. The second-order valence-electron chi connectivity index (χ2n) is 6.91. The Kier molecular flexibility index (Phi) is 5.42. The molecule has 0 radical (unpaired) electrons. The molecule has 1 aromatic carbocycles. The van der Waals surface area contributed by atoms with Gasteiger partial charge < -0.3 is 10.1 Å². The molecule has 7 heteroatoms. The van der Waals surface area contributed by atoms with Crippen molar-refractivity contribution in [3.8, 4) is 5.75 Å². The Morgan fingerprint density at radius 1 is 1.12 bits per heavy atom. The minimum absolute atomic E-state index is 0.0493. The molecule has 1 aromatic rings. The lowest BCUT2D eigenvalue weighted by Crippen LogP contribution is -2.55. The van der Waals surface area contributed by atoms with E-state index in [1.165, 1.54) is 12.1 Å². The molecule has 1 saturated heterocycles. The maximum atomic E-state index is 12.6. The van der Waals surface area contributed by atoms with E-state index in [-0.39, 0.29) is 11.8 Å². The summed E-state index contributed by atoms with van der Waals surface area (Å²) in [7, 11) is 0. The van der Waals surface area contributed by atoms with Gasteiger partial charge in [-0.25, -0.2) is 4.79 Å². The van der Waals surface area contributed by atoms with Crippen LogP contribution in [0.3, 0.4) is 0 Å². The molecule has 0 saturated carbocycles. The molecule has 24 heavy (non-hydrogen) atoms. The molecule has 1 fully saturated rings. The molecular formula is C17H23F3N2O2. The second kappa shape index (κ2) is 7.01. The van der Waals surface area contributed by atoms with Crippen molar-refractivity contribution < 1.29 is 22.7 Å². The topological polar surface area (TPSA) is 41.6 Å². The molecule has 0 aromatic heterocycles. The van der Waals surface area contributed by atoms with Crippen molar-refractivity contribution in [1.29, 1.82) is 0 Å². The van der Waals surface area contributed by atoms with Crippen LogP contribution in [0.1, 0.15) is 39.2 Å². The first kappa shape index (κ1) is 18.6. The van der Waals surface area contributed by atoms with Crippen LogP contribution in [0.2, 0.25) is 0 Å². The first-order valence-corrected chi connectivity index (χ1v) is 7.98. The van der Waals surface area contributed by atoms with Gasteiger partial charge in [0.2, 0.25) is 0 Å². The summed E-state index contributed by atoms with van der Waals surface area (Å²) in [5.41, 5.74) is -1.21.